The van der Waals surface area contributed by atoms with Crippen LogP contribution in [0.15, 0.2) is 18.2 Å². The topological polar surface area (TPSA) is 23.5 Å². The summed E-state index contributed by atoms with van der Waals surface area (Å²) in [5.41, 5.74) is 3.98. The molecule has 0 aromatic heterocycles. The molecule has 1 aromatic carbocycles. The quantitative estimate of drug-likeness (QED) is 0.845. The molecule has 1 aliphatic rings. The van der Waals surface area contributed by atoms with E-state index in [0.29, 0.717) is 5.92 Å². The van der Waals surface area contributed by atoms with Crippen LogP contribution in [0.5, 0.6) is 0 Å². The molecule has 1 fully saturated rings. The molecule has 1 saturated heterocycles. The molecule has 1 unspecified atom stereocenters. The Morgan fingerprint density at radius 1 is 1.15 bits per heavy atom. The summed E-state index contributed by atoms with van der Waals surface area (Å²) in [6.45, 7) is 16.3. The first kappa shape index (κ1) is 19.0. The molecule has 0 bridgehead atoms. The summed E-state index contributed by atoms with van der Waals surface area (Å²) in [6, 6.07) is 6.67. The Bertz CT molecular complexity index is 374. The van der Waals surface area contributed by atoms with Gasteiger partial charge in [0.25, 0.3) is 0 Å². The van der Waals surface area contributed by atoms with Gasteiger partial charge in [0.1, 0.15) is 0 Å². The second kappa shape index (κ2) is 9.82. The normalized spacial score (nSPS) is 17.2. The second-order valence-electron chi connectivity index (χ2n) is 5.09. The van der Waals surface area contributed by atoms with Crippen LogP contribution < -0.4 is 4.90 Å². The van der Waals surface area contributed by atoms with Crippen LogP contribution >= 0.6 is 0 Å². The number of benzene rings is 1. The summed E-state index contributed by atoms with van der Waals surface area (Å²) in [5.74, 6) is 0.562. The van der Waals surface area contributed by atoms with Gasteiger partial charge in [-0.25, -0.2) is 0 Å². The van der Waals surface area contributed by atoms with Gasteiger partial charge in [-0.2, -0.15) is 0 Å². The minimum absolute atomic E-state index is 0.151. The SMILES string of the molecule is CC.CC.Cc1ccc(C(C)C)cc1N1CCC(O)C1. The van der Waals surface area contributed by atoms with E-state index >= 15 is 0 Å². The molecule has 20 heavy (non-hydrogen) atoms. The van der Waals surface area contributed by atoms with Crippen molar-refractivity contribution in [2.24, 2.45) is 0 Å². The van der Waals surface area contributed by atoms with Gasteiger partial charge in [0.05, 0.1) is 6.10 Å². The van der Waals surface area contributed by atoms with Crippen molar-refractivity contribution in [1.82, 2.24) is 0 Å². The van der Waals surface area contributed by atoms with E-state index in [-0.39, 0.29) is 6.10 Å². The molecular formula is C18H33NO. The van der Waals surface area contributed by atoms with Gasteiger partial charge in [-0.1, -0.05) is 53.7 Å². The number of hydrogen-bond acceptors (Lipinski definition) is 2. The molecule has 2 heteroatoms. The predicted octanol–water partition coefficient (Wildman–Crippen LogP) is 4.74. The third kappa shape index (κ3) is 5.16. The second-order valence-corrected chi connectivity index (χ2v) is 5.09. The first-order chi connectivity index (χ1) is 9.58. The van der Waals surface area contributed by atoms with Gasteiger partial charge in [-0.3, -0.25) is 0 Å². The molecule has 1 N–H and O–H groups in total. The maximum atomic E-state index is 9.59. The van der Waals surface area contributed by atoms with Crippen molar-refractivity contribution in [3.63, 3.8) is 0 Å². The molecule has 2 nitrogen and oxygen atoms in total. The minimum Gasteiger partial charge on any atom is -0.391 e. The molecule has 1 aliphatic heterocycles. The van der Waals surface area contributed by atoms with Crippen LogP contribution in [0.2, 0.25) is 0 Å². The first-order valence-electron chi connectivity index (χ1n) is 8.11. The Kier molecular flexibility index (Phi) is 9.32. The van der Waals surface area contributed by atoms with Crippen LogP contribution in [-0.4, -0.2) is 24.3 Å². The smallest absolute Gasteiger partial charge is 0.0731 e. The molecule has 116 valence electrons. The minimum atomic E-state index is -0.151. The molecule has 0 amide bonds. The monoisotopic (exact) mass is 279 g/mol. The number of rotatable bonds is 2. The fourth-order valence-corrected chi connectivity index (χ4v) is 2.29. The van der Waals surface area contributed by atoms with Crippen molar-refractivity contribution >= 4 is 5.69 Å². The van der Waals surface area contributed by atoms with E-state index in [1.807, 2.05) is 27.7 Å². The molecule has 1 aromatic rings. The van der Waals surface area contributed by atoms with E-state index < -0.39 is 0 Å². The van der Waals surface area contributed by atoms with Crippen LogP contribution in [0.1, 0.15) is 65.0 Å². The maximum absolute atomic E-state index is 9.59. The van der Waals surface area contributed by atoms with E-state index in [4.69, 9.17) is 0 Å². The standard InChI is InChI=1S/C14H21NO.2C2H6/c1-10(2)12-5-4-11(3)14(8-12)15-7-6-13(16)9-15;2*1-2/h4-5,8,10,13,16H,6-7,9H2,1-3H3;2*1-2H3. The van der Waals surface area contributed by atoms with E-state index in [1.165, 1.54) is 16.8 Å². The van der Waals surface area contributed by atoms with Crippen LogP contribution in [-0.2, 0) is 0 Å². The highest BCUT2D eigenvalue weighted by Crippen LogP contribution is 2.28. The number of hydrogen-bond donors (Lipinski definition) is 1. The Hall–Kier alpha value is -1.02. The highest BCUT2D eigenvalue weighted by atomic mass is 16.3. The summed E-state index contributed by atoms with van der Waals surface area (Å²) >= 11 is 0. The molecule has 0 aliphatic carbocycles. The fraction of sp³-hybridized carbons (Fsp3) is 0.667. The summed E-state index contributed by atoms with van der Waals surface area (Å²) < 4.78 is 0. The van der Waals surface area contributed by atoms with Crippen molar-refractivity contribution < 1.29 is 5.11 Å². The van der Waals surface area contributed by atoms with Gasteiger partial charge in [-0.05, 0) is 36.5 Å². The van der Waals surface area contributed by atoms with Gasteiger partial charge in [0.2, 0.25) is 0 Å². The number of aliphatic hydroxyl groups is 1. The van der Waals surface area contributed by atoms with Gasteiger partial charge < -0.3 is 10.0 Å². The zero-order valence-corrected chi connectivity index (χ0v) is 14.4. The number of aryl methyl sites for hydroxylation is 1. The fourth-order valence-electron chi connectivity index (χ4n) is 2.29. The van der Waals surface area contributed by atoms with Crippen molar-refractivity contribution in [2.45, 2.75) is 66.9 Å². The molecule has 1 atom stereocenters. The lowest BCUT2D eigenvalue weighted by atomic mass is 10.0. The molecule has 2 rings (SSSR count). The van der Waals surface area contributed by atoms with Gasteiger partial charge in [0, 0.05) is 18.8 Å². The largest absolute Gasteiger partial charge is 0.391 e. The van der Waals surface area contributed by atoms with Crippen molar-refractivity contribution in [3.8, 4) is 0 Å². The van der Waals surface area contributed by atoms with E-state index in [0.717, 1.165) is 19.5 Å². The van der Waals surface area contributed by atoms with Crippen LogP contribution in [0.25, 0.3) is 0 Å². The van der Waals surface area contributed by atoms with E-state index in [9.17, 15) is 5.11 Å². The number of anilines is 1. The van der Waals surface area contributed by atoms with E-state index in [2.05, 4.69) is 43.9 Å². The van der Waals surface area contributed by atoms with Gasteiger partial charge in [-0.15, -0.1) is 0 Å². The van der Waals surface area contributed by atoms with Crippen molar-refractivity contribution in [3.05, 3.63) is 29.3 Å². The Morgan fingerprint density at radius 2 is 1.75 bits per heavy atom. The van der Waals surface area contributed by atoms with Crippen LogP contribution in [0.4, 0.5) is 5.69 Å². The van der Waals surface area contributed by atoms with E-state index in [1.54, 1.807) is 0 Å². The third-order valence-corrected chi connectivity index (χ3v) is 3.40. The third-order valence-electron chi connectivity index (χ3n) is 3.40. The van der Waals surface area contributed by atoms with Gasteiger partial charge >= 0.3 is 0 Å². The number of β-amino-alcohol motifs (C(OH)–C–C–N with tert-alkyl or cyclic N) is 1. The molecular weight excluding hydrogens is 246 g/mol. The highest BCUT2D eigenvalue weighted by molar-refractivity contribution is 5.56. The highest BCUT2D eigenvalue weighted by Gasteiger charge is 2.21. The summed E-state index contributed by atoms with van der Waals surface area (Å²) in [6.07, 6.45) is 0.743. The Labute approximate surface area is 125 Å². The lowest BCUT2D eigenvalue weighted by molar-refractivity contribution is 0.198. The lowest BCUT2D eigenvalue weighted by Gasteiger charge is -2.22. The maximum Gasteiger partial charge on any atom is 0.0731 e. The van der Waals surface area contributed by atoms with Crippen molar-refractivity contribution in [2.75, 3.05) is 18.0 Å². The molecule has 0 saturated carbocycles. The zero-order valence-electron chi connectivity index (χ0n) is 14.4. The number of aliphatic hydroxyl groups excluding tert-OH is 1. The zero-order chi connectivity index (χ0) is 15.7. The van der Waals surface area contributed by atoms with Crippen molar-refractivity contribution in [1.29, 1.82) is 0 Å². The summed E-state index contributed by atoms with van der Waals surface area (Å²) in [5, 5.41) is 9.59. The average molecular weight is 279 g/mol. The van der Waals surface area contributed by atoms with Gasteiger partial charge in [0.15, 0.2) is 0 Å². The average Bonchev–Trinajstić information content (AvgIpc) is 2.90. The lowest BCUT2D eigenvalue weighted by Crippen LogP contribution is -2.22. The summed E-state index contributed by atoms with van der Waals surface area (Å²) in [7, 11) is 0. The van der Waals surface area contributed by atoms with Crippen LogP contribution in [0.3, 0.4) is 0 Å². The molecule has 0 spiro atoms. The Morgan fingerprint density at radius 3 is 2.20 bits per heavy atom. The molecule has 1 heterocycles. The predicted molar refractivity (Wildman–Crippen MR) is 90.8 cm³/mol. The van der Waals surface area contributed by atoms with Crippen LogP contribution in [0, 0.1) is 6.92 Å². The number of nitrogens with zero attached hydrogens (tertiary/aromatic N) is 1. The Balaban J connectivity index is 0.000000829. The first-order valence-corrected chi connectivity index (χ1v) is 8.11. The molecule has 0 radical (unpaired) electrons. The summed E-state index contributed by atoms with van der Waals surface area (Å²) in [4.78, 5) is 2.30.